The van der Waals surface area contributed by atoms with E-state index in [9.17, 15) is 0 Å². The molecule has 9 heavy (non-hydrogen) atoms. The lowest BCUT2D eigenvalue weighted by atomic mass is 10.1. The average Bonchev–Trinajstić information content (AvgIpc) is 1.80. The summed E-state index contributed by atoms with van der Waals surface area (Å²) >= 11 is 0. The topological polar surface area (TPSA) is 40.5 Å². The minimum atomic E-state index is -1.13. The third-order valence-corrected chi connectivity index (χ3v) is 1.12. The van der Waals surface area contributed by atoms with Gasteiger partial charge in [0.2, 0.25) is 0 Å². The maximum Gasteiger partial charge on any atom is 0.151 e. The second-order valence-corrected chi connectivity index (χ2v) is 2.14. The number of rotatable bonds is 5. The van der Waals surface area contributed by atoms with Crippen molar-refractivity contribution in [1.82, 2.24) is 0 Å². The van der Waals surface area contributed by atoms with Crippen molar-refractivity contribution >= 4 is 0 Å². The van der Waals surface area contributed by atoms with Crippen LogP contribution in [0.25, 0.3) is 0 Å². The minimum absolute atomic E-state index is 0.472. The predicted octanol–water partition coefficient (Wildman–Crippen LogP) is 1.08. The molecule has 2 heteroatoms. The maximum atomic E-state index is 8.39. The van der Waals surface area contributed by atoms with E-state index < -0.39 is 6.29 Å². The number of aliphatic hydroxyl groups excluding tert-OH is 1. The summed E-state index contributed by atoms with van der Waals surface area (Å²) in [5.74, 6) is 0. The highest BCUT2D eigenvalue weighted by molar-refractivity contribution is 4.62. The lowest BCUT2D eigenvalue weighted by molar-refractivity contribution is -0.0449. The molecule has 0 unspecified atom stereocenters. The van der Waals surface area contributed by atoms with Crippen molar-refractivity contribution in [3.05, 3.63) is 6.42 Å². The van der Waals surface area contributed by atoms with E-state index in [2.05, 4.69) is 13.3 Å². The Morgan fingerprint density at radius 3 is 2.44 bits per heavy atom. The van der Waals surface area contributed by atoms with Crippen LogP contribution in [0.4, 0.5) is 0 Å². The Morgan fingerprint density at radius 2 is 2.00 bits per heavy atom. The molecule has 0 aliphatic heterocycles. The molecule has 55 valence electrons. The van der Waals surface area contributed by atoms with Crippen LogP contribution in [0.15, 0.2) is 0 Å². The van der Waals surface area contributed by atoms with Gasteiger partial charge in [-0.15, -0.1) is 0 Å². The van der Waals surface area contributed by atoms with Gasteiger partial charge in [-0.25, -0.2) is 0 Å². The van der Waals surface area contributed by atoms with Gasteiger partial charge in [0, 0.05) is 0 Å². The third kappa shape index (κ3) is 7.92. The van der Waals surface area contributed by atoms with Gasteiger partial charge in [0.15, 0.2) is 6.29 Å². The second kappa shape index (κ2) is 6.05. The van der Waals surface area contributed by atoms with E-state index in [0.717, 1.165) is 19.3 Å². The fourth-order valence-corrected chi connectivity index (χ4v) is 0.615. The summed E-state index contributed by atoms with van der Waals surface area (Å²) in [7, 11) is 0. The van der Waals surface area contributed by atoms with Crippen molar-refractivity contribution in [1.29, 1.82) is 0 Å². The number of hydrogen-bond donors (Lipinski definition) is 2. The van der Waals surface area contributed by atoms with E-state index in [1.807, 2.05) is 0 Å². The number of hydrogen-bond acceptors (Lipinski definition) is 2. The first-order chi connectivity index (χ1) is 4.27. The van der Waals surface area contributed by atoms with Crippen LogP contribution in [0.3, 0.4) is 0 Å². The maximum absolute atomic E-state index is 8.39. The van der Waals surface area contributed by atoms with Gasteiger partial charge in [0.1, 0.15) is 0 Å². The quantitative estimate of drug-likeness (QED) is 0.433. The van der Waals surface area contributed by atoms with Gasteiger partial charge in [-0.05, 0) is 19.3 Å². The Bertz CT molecular complexity index is 52.9. The summed E-state index contributed by atoms with van der Waals surface area (Å²) in [6.07, 6.45) is 4.46. The molecule has 2 N–H and O–H groups in total. The first kappa shape index (κ1) is 8.92. The molecule has 0 fully saturated rings. The zero-order valence-electron chi connectivity index (χ0n) is 5.88. The Hall–Kier alpha value is -0.0800. The smallest absolute Gasteiger partial charge is 0.151 e. The van der Waals surface area contributed by atoms with E-state index in [1.165, 1.54) is 0 Å². The van der Waals surface area contributed by atoms with Crippen molar-refractivity contribution in [3.8, 4) is 0 Å². The van der Waals surface area contributed by atoms with Crippen LogP contribution in [-0.4, -0.2) is 16.5 Å². The fraction of sp³-hybridized carbons (Fsp3) is 0.857. The lowest BCUT2D eigenvalue weighted by Crippen LogP contribution is -2.02. The number of unbranched alkanes of at least 4 members (excludes halogenated alkanes) is 3. The van der Waals surface area contributed by atoms with Gasteiger partial charge in [0.05, 0.1) is 0 Å². The van der Waals surface area contributed by atoms with Crippen LogP contribution in [-0.2, 0) is 0 Å². The molecule has 2 nitrogen and oxygen atoms in total. The zero-order valence-corrected chi connectivity index (χ0v) is 5.88. The lowest BCUT2D eigenvalue weighted by Gasteiger charge is -2.00. The van der Waals surface area contributed by atoms with Crippen LogP contribution >= 0.6 is 0 Å². The zero-order chi connectivity index (χ0) is 7.11. The largest absolute Gasteiger partial charge is 0.368 e. The Morgan fingerprint density at radius 1 is 1.33 bits per heavy atom. The summed E-state index contributed by atoms with van der Waals surface area (Å²) in [5, 5.41) is 16.8. The average molecular weight is 131 g/mol. The molecule has 0 rings (SSSR count). The molecule has 0 aliphatic carbocycles. The van der Waals surface area contributed by atoms with E-state index >= 15 is 0 Å². The van der Waals surface area contributed by atoms with Gasteiger partial charge in [0.25, 0.3) is 0 Å². The molecule has 0 heterocycles. The normalized spacial score (nSPS) is 10.7. The molecule has 1 radical (unpaired) electrons. The molecule has 0 saturated carbocycles. The highest BCUT2D eigenvalue weighted by atomic mass is 16.5. The summed E-state index contributed by atoms with van der Waals surface area (Å²) in [6.45, 7) is 2.10. The predicted molar refractivity (Wildman–Crippen MR) is 36.7 cm³/mol. The van der Waals surface area contributed by atoms with Gasteiger partial charge >= 0.3 is 0 Å². The molecule has 0 amide bonds. The monoisotopic (exact) mass is 131 g/mol. The Balaban J connectivity index is 2.75. The van der Waals surface area contributed by atoms with Crippen LogP contribution in [0.1, 0.15) is 32.6 Å². The first-order valence-corrected chi connectivity index (χ1v) is 3.45. The van der Waals surface area contributed by atoms with Crippen LogP contribution in [0, 0.1) is 6.42 Å². The summed E-state index contributed by atoms with van der Waals surface area (Å²) < 4.78 is 0. The third-order valence-electron chi connectivity index (χ3n) is 1.12. The van der Waals surface area contributed by atoms with Gasteiger partial charge in [-0.1, -0.05) is 19.8 Å². The van der Waals surface area contributed by atoms with E-state index in [-0.39, 0.29) is 0 Å². The van der Waals surface area contributed by atoms with Crippen molar-refractivity contribution in [3.63, 3.8) is 0 Å². The Kier molecular flexibility index (Phi) is 5.99. The minimum Gasteiger partial charge on any atom is -0.368 e. The SMILES string of the molecule is CCC[CH]CCC(O)O. The first-order valence-electron chi connectivity index (χ1n) is 3.45. The second-order valence-electron chi connectivity index (χ2n) is 2.14. The molecule has 0 aliphatic rings. The summed E-state index contributed by atoms with van der Waals surface area (Å²) in [5.41, 5.74) is 0. The molecule has 0 bridgehead atoms. The number of aliphatic hydroxyl groups is 2. The fourth-order valence-electron chi connectivity index (χ4n) is 0.615. The molecule has 0 aromatic heterocycles. The van der Waals surface area contributed by atoms with Crippen molar-refractivity contribution in [2.45, 2.75) is 38.9 Å². The molecule has 0 spiro atoms. The summed E-state index contributed by atoms with van der Waals surface area (Å²) in [6, 6.07) is 0. The van der Waals surface area contributed by atoms with Gasteiger partial charge in [-0.2, -0.15) is 0 Å². The standard InChI is InChI=1S/C7H15O2/c1-2-3-4-5-6-7(8)9/h4,7-9H,2-3,5-6H2,1H3. The van der Waals surface area contributed by atoms with E-state index in [4.69, 9.17) is 10.2 Å². The molecular weight excluding hydrogens is 116 g/mol. The highest BCUT2D eigenvalue weighted by Gasteiger charge is 1.94. The molecule has 0 atom stereocenters. The highest BCUT2D eigenvalue weighted by Crippen LogP contribution is 2.01. The van der Waals surface area contributed by atoms with Crippen LogP contribution in [0.2, 0.25) is 0 Å². The van der Waals surface area contributed by atoms with E-state index in [1.54, 1.807) is 0 Å². The van der Waals surface area contributed by atoms with Gasteiger partial charge < -0.3 is 10.2 Å². The Labute approximate surface area is 56.5 Å². The van der Waals surface area contributed by atoms with Crippen LogP contribution < -0.4 is 0 Å². The van der Waals surface area contributed by atoms with Crippen molar-refractivity contribution in [2.24, 2.45) is 0 Å². The van der Waals surface area contributed by atoms with Crippen molar-refractivity contribution in [2.75, 3.05) is 0 Å². The van der Waals surface area contributed by atoms with Gasteiger partial charge in [-0.3, -0.25) is 0 Å². The van der Waals surface area contributed by atoms with Crippen molar-refractivity contribution < 1.29 is 10.2 Å². The van der Waals surface area contributed by atoms with Crippen LogP contribution in [0.5, 0.6) is 0 Å². The summed E-state index contributed by atoms with van der Waals surface area (Å²) in [4.78, 5) is 0. The van der Waals surface area contributed by atoms with E-state index in [0.29, 0.717) is 6.42 Å². The molecule has 0 aromatic rings. The molecular formula is C7H15O2. The molecule has 0 aromatic carbocycles. The molecule has 0 saturated heterocycles.